The average Bonchev–Trinajstić information content (AvgIpc) is 2.69. The number of pyridine rings is 1. The van der Waals surface area contributed by atoms with Gasteiger partial charge in [-0.15, -0.1) is 0 Å². The van der Waals surface area contributed by atoms with Crippen LogP contribution in [-0.2, 0) is 11.3 Å². The fourth-order valence-corrected chi connectivity index (χ4v) is 3.05. The van der Waals surface area contributed by atoms with Crippen molar-refractivity contribution in [2.24, 2.45) is 0 Å². The third-order valence-electron chi connectivity index (χ3n) is 4.55. The lowest BCUT2D eigenvalue weighted by Gasteiger charge is -2.32. The summed E-state index contributed by atoms with van der Waals surface area (Å²) in [6.45, 7) is 2.87. The third-order valence-corrected chi connectivity index (χ3v) is 4.55. The number of piperidine rings is 1. The number of amides is 1. The molecule has 27 heavy (non-hydrogen) atoms. The Morgan fingerprint density at radius 3 is 2.63 bits per heavy atom. The first kappa shape index (κ1) is 19.0. The first-order valence-corrected chi connectivity index (χ1v) is 9.19. The molecule has 2 aromatic rings. The van der Waals surface area contributed by atoms with Crippen molar-refractivity contribution in [3.8, 4) is 0 Å². The van der Waals surface area contributed by atoms with Gasteiger partial charge >= 0.3 is 0 Å². The van der Waals surface area contributed by atoms with Gasteiger partial charge in [-0.1, -0.05) is 6.07 Å². The lowest BCUT2D eigenvalue weighted by atomic mass is 10.0. The molecule has 0 aliphatic carbocycles. The van der Waals surface area contributed by atoms with Gasteiger partial charge in [0.15, 0.2) is 0 Å². The molecule has 7 heteroatoms. The van der Waals surface area contributed by atoms with E-state index in [9.17, 15) is 4.79 Å². The second-order valence-electron chi connectivity index (χ2n) is 6.96. The van der Waals surface area contributed by atoms with Crippen LogP contribution in [0.2, 0.25) is 0 Å². The molecule has 0 saturated carbocycles. The van der Waals surface area contributed by atoms with Gasteiger partial charge in [-0.2, -0.15) is 0 Å². The van der Waals surface area contributed by atoms with Gasteiger partial charge in [-0.3, -0.25) is 14.7 Å². The molecular formula is C20H26N6O. The summed E-state index contributed by atoms with van der Waals surface area (Å²) in [5.41, 5.74) is 2.03. The largest absolute Gasteiger partial charge is 0.350 e. The lowest BCUT2D eigenvalue weighted by molar-refractivity contribution is -0.117. The summed E-state index contributed by atoms with van der Waals surface area (Å²) in [7, 11) is 3.78. The highest BCUT2D eigenvalue weighted by molar-refractivity contribution is 5.91. The van der Waals surface area contributed by atoms with Crippen molar-refractivity contribution in [1.29, 1.82) is 0 Å². The van der Waals surface area contributed by atoms with Crippen molar-refractivity contribution < 1.29 is 4.79 Å². The van der Waals surface area contributed by atoms with Gasteiger partial charge in [-0.25, -0.2) is 9.97 Å². The predicted molar refractivity (Wildman–Crippen MR) is 106 cm³/mol. The Hall–Kier alpha value is -2.80. The topological polar surface area (TPSA) is 74.2 Å². The summed E-state index contributed by atoms with van der Waals surface area (Å²) in [4.78, 5) is 29.0. The van der Waals surface area contributed by atoms with Crippen LogP contribution in [0.1, 0.15) is 24.0 Å². The molecule has 2 aromatic heterocycles. The van der Waals surface area contributed by atoms with Crippen LogP contribution >= 0.6 is 0 Å². The van der Waals surface area contributed by atoms with E-state index in [1.54, 1.807) is 30.7 Å². The molecule has 0 aromatic carbocycles. The maximum absolute atomic E-state index is 12.2. The molecule has 1 saturated heterocycles. The van der Waals surface area contributed by atoms with Crippen molar-refractivity contribution in [3.63, 3.8) is 0 Å². The standard InChI is InChI=1S/C20H26N6O/c1-25(2)20-22-13-16(14-23-20)5-6-19(27)24-18-7-10-26(11-8-18)15-17-4-3-9-21-12-17/h3-6,9,12-14,18H,7-8,10-11,15H2,1-2H3,(H,24,27)/b6-5+. The first-order chi connectivity index (χ1) is 13.1. The number of hydrogen-bond donors (Lipinski definition) is 1. The fraction of sp³-hybridized carbons (Fsp3) is 0.400. The molecule has 142 valence electrons. The molecule has 1 amide bonds. The van der Waals surface area contributed by atoms with Gasteiger partial charge < -0.3 is 10.2 Å². The van der Waals surface area contributed by atoms with Crippen molar-refractivity contribution >= 4 is 17.9 Å². The number of nitrogens with one attached hydrogen (secondary N) is 1. The smallest absolute Gasteiger partial charge is 0.244 e. The summed E-state index contributed by atoms with van der Waals surface area (Å²) in [6.07, 6.45) is 12.3. The van der Waals surface area contributed by atoms with Gasteiger partial charge in [0.2, 0.25) is 11.9 Å². The molecule has 0 unspecified atom stereocenters. The number of hydrogen-bond acceptors (Lipinski definition) is 6. The van der Waals surface area contributed by atoms with Gasteiger partial charge in [-0.05, 0) is 30.5 Å². The van der Waals surface area contributed by atoms with Crippen LogP contribution in [0.5, 0.6) is 0 Å². The molecule has 0 bridgehead atoms. The maximum Gasteiger partial charge on any atom is 0.244 e. The number of rotatable bonds is 6. The summed E-state index contributed by atoms with van der Waals surface area (Å²) in [5, 5.41) is 3.09. The SMILES string of the molecule is CN(C)c1ncc(/C=C/C(=O)NC2CCN(Cc3cccnc3)CC2)cn1. The Morgan fingerprint density at radius 1 is 1.26 bits per heavy atom. The number of anilines is 1. The zero-order chi connectivity index (χ0) is 19.1. The fourth-order valence-electron chi connectivity index (χ4n) is 3.05. The molecule has 1 N–H and O–H groups in total. The maximum atomic E-state index is 12.2. The zero-order valence-corrected chi connectivity index (χ0v) is 15.9. The number of carbonyl (C=O) groups excluding carboxylic acids is 1. The summed E-state index contributed by atoms with van der Waals surface area (Å²) < 4.78 is 0. The van der Waals surface area contributed by atoms with E-state index in [2.05, 4.69) is 31.2 Å². The third kappa shape index (κ3) is 5.86. The highest BCUT2D eigenvalue weighted by Crippen LogP contribution is 2.13. The number of carbonyl (C=O) groups is 1. The van der Waals surface area contributed by atoms with Crippen LogP contribution in [-0.4, -0.2) is 59.0 Å². The Labute approximate surface area is 160 Å². The Kier molecular flexibility index (Phi) is 6.49. The Morgan fingerprint density at radius 2 is 2.00 bits per heavy atom. The van der Waals surface area contributed by atoms with Crippen LogP contribution < -0.4 is 10.2 Å². The van der Waals surface area contributed by atoms with E-state index in [0.29, 0.717) is 5.95 Å². The zero-order valence-electron chi connectivity index (χ0n) is 15.9. The van der Waals surface area contributed by atoms with Crippen molar-refractivity contribution in [2.45, 2.75) is 25.4 Å². The molecule has 0 atom stereocenters. The van der Waals surface area contributed by atoms with E-state index in [4.69, 9.17) is 0 Å². The minimum absolute atomic E-state index is 0.0719. The van der Waals surface area contributed by atoms with Crippen molar-refractivity contribution in [2.75, 3.05) is 32.1 Å². The highest BCUT2D eigenvalue weighted by atomic mass is 16.1. The molecule has 0 radical (unpaired) electrons. The van der Waals surface area contributed by atoms with E-state index in [0.717, 1.165) is 38.0 Å². The molecule has 1 fully saturated rings. The van der Waals surface area contributed by atoms with Crippen LogP contribution in [0, 0.1) is 0 Å². The van der Waals surface area contributed by atoms with Gasteiger partial charge in [0, 0.05) is 76.2 Å². The first-order valence-electron chi connectivity index (χ1n) is 9.19. The normalized spacial score (nSPS) is 15.8. The van der Waals surface area contributed by atoms with E-state index in [1.165, 1.54) is 5.56 Å². The minimum Gasteiger partial charge on any atom is -0.350 e. The second kappa shape index (κ2) is 9.23. The lowest BCUT2D eigenvalue weighted by Crippen LogP contribution is -2.43. The second-order valence-corrected chi connectivity index (χ2v) is 6.96. The van der Waals surface area contributed by atoms with Crippen LogP contribution in [0.15, 0.2) is 43.0 Å². The number of aromatic nitrogens is 3. The molecule has 1 aliphatic rings. The Balaban J connectivity index is 1.42. The summed E-state index contributed by atoms with van der Waals surface area (Å²) >= 11 is 0. The van der Waals surface area contributed by atoms with E-state index >= 15 is 0 Å². The monoisotopic (exact) mass is 366 g/mol. The molecule has 3 rings (SSSR count). The van der Waals surface area contributed by atoms with Gasteiger partial charge in [0.1, 0.15) is 0 Å². The Bertz CT molecular complexity index is 752. The van der Waals surface area contributed by atoms with Gasteiger partial charge in [0.05, 0.1) is 0 Å². The quantitative estimate of drug-likeness (QED) is 0.785. The molecule has 1 aliphatic heterocycles. The predicted octanol–water partition coefficient (Wildman–Crippen LogP) is 1.73. The number of likely N-dealkylation sites (tertiary alicyclic amines) is 1. The van der Waals surface area contributed by atoms with Crippen molar-refractivity contribution in [3.05, 3.63) is 54.1 Å². The number of nitrogens with zero attached hydrogens (tertiary/aromatic N) is 5. The van der Waals surface area contributed by atoms with E-state index < -0.39 is 0 Å². The molecule has 3 heterocycles. The summed E-state index contributed by atoms with van der Waals surface area (Å²) in [5.74, 6) is 0.576. The van der Waals surface area contributed by atoms with Crippen LogP contribution in [0.4, 0.5) is 5.95 Å². The van der Waals surface area contributed by atoms with Gasteiger partial charge in [0.25, 0.3) is 0 Å². The van der Waals surface area contributed by atoms with E-state index in [-0.39, 0.29) is 11.9 Å². The average molecular weight is 366 g/mol. The summed E-state index contributed by atoms with van der Waals surface area (Å²) in [6, 6.07) is 4.29. The minimum atomic E-state index is -0.0719. The van der Waals surface area contributed by atoms with Crippen LogP contribution in [0.25, 0.3) is 6.08 Å². The molecular weight excluding hydrogens is 340 g/mol. The highest BCUT2D eigenvalue weighted by Gasteiger charge is 2.20. The van der Waals surface area contributed by atoms with Crippen LogP contribution in [0.3, 0.4) is 0 Å². The van der Waals surface area contributed by atoms with E-state index in [1.807, 2.05) is 31.3 Å². The molecule has 0 spiro atoms. The molecule has 7 nitrogen and oxygen atoms in total. The van der Waals surface area contributed by atoms with Crippen molar-refractivity contribution in [1.82, 2.24) is 25.2 Å².